The molecule has 0 saturated carbocycles. The Morgan fingerprint density at radius 3 is 2.44 bits per heavy atom. The van der Waals surface area contributed by atoms with Crippen molar-refractivity contribution in [2.75, 3.05) is 6.61 Å². The Kier molecular flexibility index (Phi) is 3.93. The Labute approximate surface area is 104 Å². The van der Waals surface area contributed by atoms with Crippen LogP contribution in [-0.4, -0.2) is 66.3 Å². The maximum atomic E-state index is 9.84. The van der Waals surface area contributed by atoms with Crippen LogP contribution in [0.4, 0.5) is 0 Å². The van der Waals surface area contributed by atoms with Crippen LogP contribution in [0.5, 0.6) is 0 Å². The molecule has 4 atom stereocenters. The zero-order chi connectivity index (χ0) is 13.3. The van der Waals surface area contributed by atoms with E-state index in [1.54, 1.807) is 6.92 Å². The van der Waals surface area contributed by atoms with Crippen LogP contribution < -0.4 is 5.32 Å². The highest BCUT2D eigenvalue weighted by molar-refractivity contribution is 5.07. The molecule has 1 aromatic heterocycles. The van der Waals surface area contributed by atoms with Gasteiger partial charge in [0.15, 0.2) is 0 Å². The van der Waals surface area contributed by atoms with Crippen molar-refractivity contribution < 1.29 is 20.4 Å². The normalized spacial score (nSPS) is 32.1. The molecule has 0 unspecified atom stereocenters. The van der Waals surface area contributed by atoms with Gasteiger partial charge in [-0.3, -0.25) is 0 Å². The van der Waals surface area contributed by atoms with Crippen LogP contribution in [0.1, 0.15) is 11.4 Å². The first-order valence-electron chi connectivity index (χ1n) is 5.81. The standard InChI is InChI=1S/C10H18N4O4/c1-5-8(4-16)14(13-12-5)2-6-9(17)10(18)7(3-15)11-6/h6-7,9-11,15-18H,2-4H2,1H3/t6-,7-,9-,10-/m1/s1. The molecule has 0 aliphatic carbocycles. The van der Waals surface area contributed by atoms with E-state index in [0.717, 1.165) is 0 Å². The van der Waals surface area contributed by atoms with Crippen LogP contribution in [0.15, 0.2) is 0 Å². The summed E-state index contributed by atoms with van der Waals surface area (Å²) in [5, 5.41) is 48.4. The van der Waals surface area contributed by atoms with E-state index >= 15 is 0 Å². The van der Waals surface area contributed by atoms with Gasteiger partial charge in [-0.1, -0.05) is 5.21 Å². The number of nitrogens with one attached hydrogen (secondary N) is 1. The molecule has 1 saturated heterocycles. The lowest BCUT2D eigenvalue weighted by Crippen LogP contribution is -2.38. The van der Waals surface area contributed by atoms with Crippen molar-refractivity contribution in [2.24, 2.45) is 0 Å². The zero-order valence-corrected chi connectivity index (χ0v) is 10.1. The monoisotopic (exact) mass is 258 g/mol. The fourth-order valence-electron chi connectivity index (χ4n) is 2.22. The Morgan fingerprint density at radius 2 is 1.89 bits per heavy atom. The van der Waals surface area contributed by atoms with E-state index in [1.807, 2.05) is 0 Å². The van der Waals surface area contributed by atoms with Gasteiger partial charge >= 0.3 is 0 Å². The second kappa shape index (κ2) is 5.29. The van der Waals surface area contributed by atoms with Crippen molar-refractivity contribution >= 4 is 0 Å². The molecule has 0 amide bonds. The molecule has 0 radical (unpaired) electrons. The molecule has 1 fully saturated rings. The highest BCUT2D eigenvalue weighted by Gasteiger charge is 2.40. The van der Waals surface area contributed by atoms with Crippen molar-refractivity contribution in [1.82, 2.24) is 20.3 Å². The van der Waals surface area contributed by atoms with E-state index in [-0.39, 0.29) is 19.8 Å². The summed E-state index contributed by atoms with van der Waals surface area (Å²) < 4.78 is 1.49. The fraction of sp³-hybridized carbons (Fsp3) is 0.800. The van der Waals surface area contributed by atoms with Crippen molar-refractivity contribution in [3.63, 3.8) is 0 Å². The molecule has 18 heavy (non-hydrogen) atoms. The Bertz CT molecular complexity index is 411. The van der Waals surface area contributed by atoms with E-state index in [9.17, 15) is 15.3 Å². The number of nitrogens with zero attached hydrogens (tertiary/aromatic N) is 3. The number of rotatable bonds is 4. The zero-order valence-electron chi connectivity index (χ0n) is 10.1. The third-order valence-corrected chi connectivity index (χ3v) is 3.35. The molecule has 0 spiro atoms. The van der Waals surface area contributed by atoms with Crippen molar-refractivity contribution in [3.05, 3.63) is 11.4 Å². The SMILES string of the molecule is Cc1nnn(C[C@H]2N[C@H](CO)[C@@H](O)[C@@H]2O)c1CO. The maximum absolute atomic E-state index is 9.84. The molecular weight excluding hydrogens is 240 g/mol. The number of aromatic nitrogens is 3. The Balaban J connectivity index is 2.10. The van der Waals surface area contributed by atoms with Crippen molar-refractivity contribution in [2.45, 2.75) is 44.4 Å². The van der Waals surface area contributed by atoms with Crippen LogP contribution in [0.25, 0.3) is 0 Å². The molecule has 2 rings (SSSR count). The topological polar surface area (TPSA) is 124 Å². The molecule has 1 aliphatic heterocycles. The van der Waals surface area contributed by atoms with Gasteiger partial charge in [-0.05, 0) is 6.92 Å². The van der Waals surface area contributed by atoms with Crippen LogP contribution in [-0.2, 0) is 13.2 Å². The summed E-state index contributed by atoms with van der Waals surface area (Å²) in [4.78, 5) is 0. The Hall–Kier alpha value is -1.06. The Morgan fingerprint density at radius 1 is 1.22 bits per heavy atom. The van der Waals surface area contributed by atoms with E-state index in [0.29, 0.717) is 11.4 Å². The van der Waals surface area contributed by atoms with E-state index in [1.165, 1.54) is 4.68 Å². The molecule has 0 aromatic carbocycles. The lowest BCUT2D eigenvalue weighted by molar-refractivity contribution is 0.0173. The molecular formula is C10H18N4O4. The second-order valence-corrected chi connectivity index (χ2v) is 4.51. The average Bonchev–Trinajstić information content (AvgIpc) is 2.84. The van der Waals surface area contributed by atoms with Gasteiger partial charge in [-0.25, -0.2) is 4.68 Å². The third kappa shape index (κ3) is 2.25. The summed E-state index contributed by atoms with van der Waals surface area (Å²) >= 11 is 0. The van der Waals surface area contributed by atoms with Gasteiger partial charge in [0, 0.05) is 0 Å². The smallest absolute Gasteiger partial charge is 0.0990 e. The molecule has 8 heteroatoms. The largest absolute Gasteiger partial charge is 0.395 e. The predicted molar refractivity (Wildman–Crippen MR) is 60.5 cm³/mol. The minimum absolute atomic E-state index is 0.187. The molecule has 2 heterocycles. The van der Waals surface area contributed by atoms with Gasteiger partial charge in [0.25, 0.3) is 0 Å². The quantitative estimate of drug-likeness (QED) is 0.393. The number of aryl methyl sites for hydroxylation is 1. The van der Waals surface area contributed by atoms with E-state index in [2.05, 4.69) is 15.6 Å². The molecule has 8 nitrogen and oxygen atoms in total. The van der Waals surface area contributed by atoms with E-state index in [4.69, 9.17) is 5.11 Å². The second-order valence-electron chi connectivity index (χ2n) is 4.51. The molecule has 1 aromatic rings. The summed E-state index contributed by atoms with van der Waals surface area (Å²) in [6, 6.07) is -0.990. The van der Waals surface area contributed by atoms with Crippen LogP contribution in [0.2, 0.25) is 0 Å². The van der Waals surface area contributed by atoms with Gasteiger partial charge in [0.05, 0.1) is 55.4 Å². The van der Waals surface area contributed by atoms with Crippen LogP contribution in [0.3, 0.4) is 0 Å². The summed E-state index contributed by atoms with van der Waals surface area (Å²) in [5.74, 6) is 0. The number of aliphatic hydroxyl groups is 4. The van der Waals surface area contributed by atoms with Crippen molar-refractivity contribution in [3.8, 4) is 0 Å². The van der Waals surface area contributed by atoms with Gasteiger partial charge in [0.2, 0.25) is 0 Å². The average molecular weight is 258 g/mol. The molecule has 102 valence electrons. The summed E-state index contributed by atoms with van der Waals surface area (Å²) in [6.07, 6.45) is -2.00. The molecule has 5 N–H and O–H groups in total. The number of hydrogen-bond donors (Lipinski definition) is 5. The number of aliphatic hydroxyl groups excluding tert-OH is 4. The summed E-state index contributed by atoms with van der Waals surface area (Å²) in [7, 11) is 0. The highest BCUT2D eigenvalue weighted by atomic mass is 16.3. The van der Waals surface area contributed by atoms with Gasteiger partial charge < -0.3 is 25.7 Å². The first kappa shape index (κ1) is 13.4. The van der Waals surface area contributed by atoms with Gasteiger partial charge in [0.1, 0.15) is 0 Å². The third-order valence-electron chi connectivity index (χ3n) is 3.35. The lowest BCUT2D eigenvalue weighted by atomic mass is 10.1. The van der Waals surface area contributed by atoms with Gasteiger partial charge in [-0.2, -0.15) is 0 Å². The highest BCUT2D eigenvalue weighted by Crippen LogP contribution is 2.16. The first-order valence-corrected chi connectivity index (χ1v) is 5.81. The molecule has 1 aliphatic rings. The van der Waals surface area contributed by atoms with Crippen molar-refractivity contribution in [1.29, 1.82) is 0 Å². The summed E-state index contributed by atoms with van der Waals surface area (Å²) in [6.45, 7) is 1.57. The van der Waals surface area contributed by atoms with Crippen LogP contribution in [0, 0.1) is 6.92 Å². The molecule has 0 bridgehead atoms. The first-order chi connectivity index (χ1) is 8.58. The maximum Gasteiger partial charge on any atom is 0.0990 e. The van der Waals surface area contributed by atoms with E-state index < -0.39 is 24.3 Å². The minimum Gasteiger partial charge on any atom is -0.395 e. The lowest BCUT2D eigenvalue weighted by Gasteiger charge is -2.16. The number of hydrogen-bond acceptors (Lipinski definition) is 7. The van der Waals surface area contributed by atoms with Crippen LogP contribution >= 0.6 is 0 Å². The predicted octanol–water partition coefficient (Wildman–Crippen LogP) is -2.87. The summed E-state index contributed by atoms with van der Waals surface area (Å²) in [5.41, 5.74) is 1.20. The minimum atomic E-state index is -1.01. The fourth-order valence-corrected chi connectivity index (χ4v) is 2.22. The van der Waals surface area contributed by atoms with Gasteiger partial charge in [-0.15, -0.1) is 5.10 Å².